The van der Waals surface area contributed by atoms with Gasteiger partial charge in [0.05, 0.1) is 19.8 Å². The zero-order valence-electron chi connectivity index (χ0n) is 13.1. The molecule has 0 spiro atoms. The van der Waals surface area contributed by atoms with E-state index in [1.54, 1.807) is 18.2 Å². The third kappa shape index (κ3) is 2.99. The molecule has 0 heterocycles. The molecule has 0 aliphatic heterocycles. The number of hydrogen-bond acceptors (Lipinski definition) is 3. The normalized spacial score (nSPS) is 14.9. The number of carbonyl (C=O) groups excluding carboxylic acids is 1. The van der Waals surface area contributed by atoms with Gasteiger partial charge in [0.2, 0.25) is 0 Å². The van der Waals surface area contributed by atoms with Crippen LogP contribution in [0.25, 0.3) is 0 Å². The van der Waals surface area contributed by atoms with Crippen molar-refractivity contribution in [2.45, 2.75) is 18.4 Å². The van der Waals surface area contributed by atoms with Gasteiger partial charge in [-0.3, -0.25) is 4.79 Å². The quantitative estimate of drug-likeness (QED) is 0.907. The number of halogens is 1. The Morgan fingerprint density at radius 2 is 1.61 bits per heavy atom. The van der Waals surface area contributed by atoms with Crippen LogP contribution in [-0.4, -0.2) is 20.1 Å². The fraction of sp³-hybridized carbons (Fsp3) is 0.278. The highest BCUT2D eigenvalue weighted by Crippen LogP contribution is 2.46. The first-order chi connectivity index (χ1) is 11.1. The van der Waals surface area contributed by atoms with E-state index >= 15 is 0 Å². The van der Waals surface area contributed by atoms with Crippen LogP contribution < -0.4 is 14.8 Å². The Hall–Kier alpha value is -2.20. The van der Waals surface area contributed by atoms with Crippen LogP contribution in [0.3, 0.4) is 0 Å². The third-order valence-electron chi connectivity index (χ3n) is 4.15. The van der Waals surface area contributed by atoms with Crippen molar-refractivity contribution in [2.24, 2.45) is 0 Å². The van der Waals surface area contributed by atoms with E-state index in [1.165, 1.54) is 14.2 Å². The maximum absolute atomic E-state index is 12.8. The Kier molecular flexibility index (Phi) is 4.18. The van der Waals surface area contributed by atoms with E-state index in [0.29, 0.717) is 22.1 Å². The van der Waals surface area contributed by atoms with E-state index in [4.69, 9.17) is 21.1 Å². The summed E-state index contributed by atoms with van der Waals surface area (Å²) in [6.07, 6.45) is 1.80. The molecule has 2 aromatic carbocycles. The van der Waals surface area contributed by atoms with Crippen molar-refractivity contribution in [2.75, 3.05) is 14.2 Å². The van der Waals surface area contributed by atoms with Gasteiger partial charge in [0, 0.05) is 5.02 Å². The van der Waals surface area contributed by atoms with Crippen molar-refractivity contribution in [3.8, 4) is 11.5 Å². The van der Waals surface area contributed by atoms with Crippen LogP contribution in [-0.2, 0) is 5.54 Å². The summed E-state index contributed by atoms with van der Waals surface area (Å²) in [5, 5.41) is 3.81. The average molecular weight is 332 g/mol. The summed E-state index contributed by atoms with van der Waals surface area (Å²) in [6, 6.07) is 12.9. The molecule has 1 amide bonds. The number of nitrogens with one attached hydrogen (secondary N) is 1. The molecule has 1 aliphatic rings. The summed E-state index contributed by atoms with van der Waals surface area (Å²) in [5.41, 5.74) is 1.15. The Bertz CT molecular complexity index is 701. The van der Waals surface area contributed by atoms with Crippen LogP contribution in [0.1, 0.15) is 28.8 Å². The first-order valence-electron chi connectivity index (χ1n) is 7.39. The molecule has 0 bridgehead atoms. The number of hydrogen-bond donors (Lipinski definition) is 1. The summed E-state index contributed by atoms with van der Waals surface area (Å²) >= 11 is 5.94. The maximum atomic E-state index is 12.8. The van der Waals surface area contributed by atoms with Crippen LogP contribution >= 0.6 is 11.6 Å². The van der Waals surface area contributed by atoms with Gasteiger partial charge in [-0.05, 0) is 42.7 Å². The SMILES string of the molecule is COc1cccc(OC)c1C(=O)NC1(c2ccc(Cl)cc2)CC1. The van der Waals surface area contributed by atoms with Gasteiger partial charge in [-0.25, -0.2) is 0 Å². The standard InChI is InChI=1S/C18H18ClNO3/c1-22-14-4-3-5-15(23-2)16(14)17(21)20-18(10-11-18)12-6-8-13(19)9-7-12/h3-9H,10-11H2,1-2H3,(H,20,21). The van der Waals surface area contributed by atoms with Crippen molar-refractivity contribution in [1.82, 2.24) is 5.32 Å². The van der Waals surface area contributed by atoms with Crippen LogP contribution in [0.5, 0.6) is 11.5 Å². The van der Waals surface area contributed by atoms with E-state index in [0.717, 1.165) is 18.4 Å². The molecule has 5 heteroatoms. The molecule has 1 N–H and O–H groups in total. The van der Waals surface area contributed by atoms with Gasteiger partial charge in [0.25, 0.3) is 5.91 Å². The topological polar surface area (TPSA) is 47.6 Å². The lowest BCUT2D eigenvalue weighted by atomic mass is 10.0. The van der Waals surface area contributed by atoms with E-state index in [-0.39, 0.29) is 11.4 Å². The van der Waals surface area contributed by atoms with Crippen molar-refractivity contribution < 1.29 is 14.3 Å². The smallest absolute Gasteiger partial charge is 0.259 e. The summed E-state index contributed by atoms with van der Waals surface area (Å²) < 4.78 is 10.6. The van der Waals surface area contributed by atoms with E-state index in [2.05, 4.69) is 5.32 Å². The molecular weight excluding hydrogens is 314 g/mol. The number of methoxy groups -OCH3 is 2. The fourth-order valence-corrected chi connectivity index (χ4v) is 2.86. The molecule has 0 saturated heterocycles. The van der Waals surface area contributed by atoms with Crippen LogP contribution in [0.2, 0.25) is 5.02 Å². The molecule has 0 atom stereocenters. The lowest BCUT2D eigenvalue weighted by Crippen LogP contribution is -2.35. The molecule has 0 unspecified atom stereocenters. The zero-order valence-corrected chi connectivity index (χ0v) is 13.8. The molecule has 3 rings (SSSR count). The highest BCUT2D eigenvalue weighted by Gasteiger charge is 2.46. The number of rotatable bonds is 5. The van der Waals surface area contributed by atoms with Crippen molar-refractivity contribution in [1.29, 1.82) is 0 Å². The number of carbonyl (C=O) groups is 1. The molecule has 2 aromatic rings. The van der Waals surface area contributed by atoms with Gasteiger partial charge >= 0.3 is 0 Å². The summed E-state index contributed by atoms with van der Waals surface area (Å²) in [6.45, 7) is 0. The monoisotopic (exact) mass is 331 g/mol. The minimum atomic E-state index is -0.326. The molecule has 1 saturated carbocycles. The van der Waals surface area contributed by atoms with Crippen molar-refractivity contribution in [3.63, 3.8) is 0 Å². The first kappa shape index (κ1) is 15.7. The highest BCUT2D eigenvalue weighted by atomic mass is 35.5. The number of ether oxygens (including phenoxy) is 2. The second-order valence-electron chi connectivity index (χ2n) is 5.58. The van der Waals surface area contributed by atoms with Crippen LogP contribution in [0.4, 0.5) is 0 Å². The first-order valence-corrected chi connectivity index (χ1v) is 7.77. The molecule has 1 aliphatic carbocycles. The van der Waals surface area contributed by atoms with Crippen LogP contribution in [0.15, 0.2) is 42.5 Å². The molecule has 0 aromatic heterocycles. The molecular formula is C18H18ClNO3. The Morgan fingerprint density at radius 1 is 1.04 bits per heavy atom. The molecule has 1 fully saturated rings. The summed E-state index contributed by atoms with van der Waals surface area (Å²) in [7, 11) is 3.08. The Labute approximate surface area is 140 Å². The van der Waals surface area contributed by atoms with E-state index in [9.17, 15) is 4.79 Å². The Balaban J connectivity index is 1.89. The van der Waals surface area contributed by atoms with Gasteiger partial charge in [-0.2, -0.15) is 0 Å². The van der Waals surface area contributed by atoms with E-state index in [1.807, 2.05) is 24.3 Å². The van der Waals surface area contributed by atoms with Gasteiger partial charge in [0.1, 0.15) is 17.1 Å². The van der Waals surface area contributed by atoms with Gasteiger partial charge in [0.15, 0.2) is 0 Å². The third-order valence-corrected chi connectivity index (χ3v) is 4.41. The van der Waals surface area contributed by atoms with E-state index < -0.39 is 0 Å². The van der Waals surface area contributed by atoms with Crippen LogP contribution in [0, 0.1) is 0 Å². The second-order valence-corrected chi connectivity index (χ2v) is 6.02. The predicted molar refractivity (Wildman–Crippen MR) is 89.4 cm³/mol. The predicted octanol–water partition coefficient (Wildman–Crippen LogP) is 3.78. The summed E-state index contributed by atoms with van der Waals surface area (Å²) in [4.78, 5) is 12.8. The van der Waals surface area contributed by atoms with Gasteiger partial charge < -0.3 is 14.8 Å². The van der Waals surface area contributed by atoms with Crippen molar-refractivity contribution >= 4 is 17.5 Å². The minimum absolute atomic E-state index is 0.202. The Morgan fingerprint density at radius 3 is 2.09 bits per heavy atom. The fourth-order valence-electron chi connectivity index (χ4n) is 2.73. The number of amides is 1. The highest BCUT2D eigenvalue weighted by molar-refractivity contribution is 6.30. The van der Waals surface area contributed by atoms with Gasteiger partial charge in [-0.15, -0.1) is 0 Å². The van der Waals surface area contributed by atoms with Crippen molar-refractivity contribution in [3.05, 3.63) is 58.6 Å². The molecule has 23 heavy (non-hydrogen) atoms. The zero-order chi connectivity index (χ0) is 16.4. The summed E-state index contributed by atoms with van der Waals surface area (Å²) in [5.74, 6) is 0.786. The lowest BCUT2D eigenvalue weighted by Gasteiger charge is -2.20. The largest absolute Gasteiger partial charge is 0.496 e. The van der Waals surface area contributed by atoms with Gasteiger partial charge in [-0.1, -0.05) is 29.8 Å². The molecule has 4 nitrogen and oxygen atoms in total. The molecule has 0 radical (unpaired) electrons. The number of benzene rings is 2. The molecule has 120 valence electrons. The maximum Gasteiger partial charge on any atom is 0.259 e. The second kappa shape index (κ2) is 6.13. The lowest BCUT2D eigenvalue weighted by molar-refractivity contribution is 0.0924. The minimum Gasteiger partial charge on any atom is -0.496 e. The average Bonchev–Trinajstić information content (AvgIpc) is 3.35.